The molecule has 0 aromatic heterocycles. The Kier molecular flexibility index (Phi) is 4.65. The normalized spacial score (nSPS) is 12.7. The monoisotopic (exact) mass is 375 g/mol. The Morgan fingerprint density at radius 1 is 0.964 bits per heavy atom. The van der Waals surface area contributed by atoms with Gasteiger partial charge in [0, 0.05) is 24.7 Å². The average molecular weight is 375 g/mol. The Bertz CT molecular complexity index is 1010. The van der Waals surface area contributed by atoms with Crippen molar-refractivity contribution in [2.75, 3.05) is 0 Å². The van der Waals surface area contributed by atoms with E-state index in [0.717, 1.165) is 16.7 Å². The molecule has 0 saturated carbocycles. The number of ether oxygens (including phenoxy) is 1. The lowest BCUT2D eigenvalue weighted by Gasteiger charge is -2.21. The molecule has 0 atom stereocenters. The third kappa shape index (κ3) is 3.27. The number of hydrogen-bond donors (Lipinski definition) is 2. The summed E-state index contributed by atoms with van der Waals surface area (Å²) in [6, 6.07) is 18.6. The van der Waals surface area contributed by atoms with Gasteiger partial charge in [0.25, 0.3) is 5.91 Å². The van der Waals surface area contributed by atoms with Crippen molar-refractivity contribution < 1.29 is 19.7 Å². The Morgan fingerprint density at radius 3 is 2.21 bits per heavy atom. The minimum atomic E-state index is -0.320. The molecule has 0 fully saturated rings. The number of phenolic OH excluding ortho intramolecular Hbond substituents is 2. The summed E-state index contributed by atoms with van der Waals surface area (Å²) in [7, 11) is 0. The molecule has 0 aliphatic carbocycles. The van der Waals surface area contributed by atoms with Crippen LogP contribution in [0.2, 0.25) is 0 Å². The fraction of sp³-hybridized carbons (Fsp3) is 0.174. The number of benzene rings is 3. The molecule has 1 heterocycles. The first-order chi connectivity index (χ1) is 13.5. The van der Waals surface area contributed by atoms with E-state index in [2.05, 4.69) is 0 Å². The number of rotatable bonds is 4. The van der Waals surface area contributed by atoms with E-state index in [0.29, 0.717) is 18.7 Å². The molecule has 0 spiro atoms. The Labute approximate surface area is 163 Å². The second-order valence-electron chi connectivity index (χ2n) is 6.95. The van der Waals surface area contributed by atoms with Crippen molar-refractivity contribution in [3.63, 3.8) is 0 Å². The maximum absolute atomic E-state index is 13.2. The highest BCUT2D eigenvalue weighted by Gasteiger charge is 2.30. The smallest absolute Gasteiger partial charge is 0.262 e. The lowest BCUT2D eigenvalue weighted by molar-refractivity contribution is 0.0742. The zero-order valence-corrected chi connectivity index (χ0v) is 15.6. The van der Waals surface area contributed by atoms with Crippen molar-refractivity contribution in [2.24, 2.45) is 0 Å². The first kappa shape index (κ1) is 17.9. The van der Waals surface area contributed by atoms with Gasteiger partial charge in [-0.3, -0.25) is 4.79 Å². The van der Waals surface area contributed by atoms with Crippen molar-refractivity contribution in [1.82, 2.24) is 4.90 Å². The van der Waals surface area contributed by atoms with E-state index in [1.807, 2.05) is 54.6 Å². The van der Waals surface area contributed by atoms with E-state index in [4.69, 9.17) is 4.74 Å². The highest BCUT2D eigenvalue weighted by atomic mass is 16.5. The quantitative estimate of drug-likeness (QED) is 0.719. The molecule has 0 saturated heterocycles. The van der Waals surface area contributed by atoms with E-state index in [9.17, 15) is 15.0 Å². The first-order valence-electron chi connectivity index (χ1n) is 9.13. The average Bonchev–Trinajstić information content (AvgIpc) is 3.14. The van der Waals surface area contributed by atoms with Gasteiger partial charge in [0.15, 0.2) is 0 Å². The van der Waals surface area contributed by atoms with Crippen molar-refractivity contribution in [2.45, 2.75) is 26.6 Å². The SMILES string of the molecule is Cc1c(O)cc(O)c(C(=O)N2Cc3ccccc3C2)c1OCc1ccccc1. The predicted octanol–water partition coefficient (Wildman–Crippen LogP) is 4.14. The van der Waals surface area contributed by atoms with Gasteiger partial charge in [0.2, 0.25) is 0 Å². The van der Waals surface area contributed by atoms with Gasteiger partial charge >= 0.3 is 0 Å². The molecule has 3 aromatic carbocycles. The lowest BCUT2D eigenvalue weighted by Crippen LogP contribution is -2.26. The summed E-state index contributed by atoms with van der Waals surface area (Å²) in [6.07, 6.45) is 0. The fourth-order valence-corrected chi connectivity index (χ4v) is 3.48. The minimum absolute atomic E-state index is 0.0824. The van der Waals surface area contributed by atoms with Crippen molar-refractivity contribution >= 4 is 5.91 Å². The van der Waals surface area contributed by atoms with Crippen LogP contribution in [-0.4, -0.2) is 21.0 Å². The molecule has 2 N–H and O–H groups in total. The van der Waals surface area contributed by atoms with E-state index in [1.54, 1.807) is 11.8 Å². The van der Waals surface area contributed by atoms with Gasteiger partial charge in [0.05, 0.1) is 0 Å². The highest BCUT2D eigenvalue weighted by molar-refractivity contribution is 6.00. The second kappa shape index (κ2) is 7.27. The first-order valence-corrected chi connectivity index (χ1v) is 9.13. The van der Waals surface area contributed by atoms with Gasteiger partial charge in [-0.25, -0.2) is 0 Å². The van der Waals surface area contributed by atoms with Crippen molar-refractivity contribution in [3.8, 4) is 17.2 Å². The Hall–Kier alpha value is -3.47. The summed E-state index contributed by atoms with van der Waals surface area (Å²) >= 11 is 0. The third-order valence-corrected chi connectivity index (χ3v) is 5.05. The molecule has 4 rings (SSSR count). The molecule has 1 aliphatic heterocycles. The fourth-order valence-electron chi connectivity index (χ4n) is 3.48. The maximum atomic E-state index is 13.2. The molecule has 5 heteroatoms. The number of phenols is 2. The summed E-state index contributed by atoms with van der Waals surface area (Å²) in [6.45, 7) is 2.86. The predicted molar refractivity (Wildman–Crippen MR) is 105 cm³/mol. The number of nitrogens with zero attached hydrogens (tertiary/aromatic N) is 1. The molecule has 3 aromatic rings. The zero-order valence-electron chi connectivity index (χ0n) is 15.6. The standard InChI is InChI=1S/C23H21NO4/c1-15-19(25)11-20(26)21(22(15)28-14-16-7-3-2-4-8-16)23(27)24-12-17-9-5-6-10-18(17)13-24/h2-11,25-26H,12-14H2,1H3. The third-order valence-electron chi connectivity index (χ3n) is 5.05. The van der Waals surface area contributed by atoms with Crippen LogP contribution in [0.25, 0.3) is 0 Å². The van der Waals surface area contributed by atoms with Crippen LogP contribution in [0.1, 0.15) is 32.6 Å². The highest BCUT2D eigenvalue weighted by Crippen LogP contribution is 2.40. The van der Waals surface area contributed by atoms with Crippen LogP contribution < -0.4 is 4.74 Å². The molecule has 0 radical (unpaired) electrons. The maximum Gasteiger partial charge on any atom is 0.262 e. The number of fused-ring (bicyclic) bond motifs is 1. The summed E-state index contributed by atoms with van der Waals surface area (Å²) < 4.78 is 5.91. The van der Waals surface area contributed by atoms with Crippen LogP contribution in [0.5, 0.6) is 17.2 Å². The number of carbonyl (C=O) groups excluding carboxylic acids is 1. The van der Waals surface area contributed by atoms with Crippen LogP contribution >= 0.6 is 0 Å². The Balaban J connectivity index is 1.66. The molecule has 28 heavy (non-hydrogen) atoms. The van der Waals surface area contributed by atoms with Crippen LogP contribution in [0.4, 0.5) is 0 Å². The number of hydrogen-bond acceptors (Lipinski definition) is 4. The van der Waals surface area contributed by atoms with E-state index < -0.39 is 0 Å². The minimum Gasteiger partial charge on any atom is -0.507 e. The number of aromatic hydroxyl groups is 2. The molecule has 0 bridgehead atoms. The van der Waals surface area contributed by atoms with Crippen LogP contribution in [0.15, 0.2) is 60.7 Å². The molecular weight excluding hydrogens is 354 g/mol. The molecule has 1 aliphatic rings. The molecular formula is C23H21NO4. The summed E-state index contributed by atoms with van der Waals surface area (Å²) in [5, 5.41) is 20.6. The van der Waals surface area contributed by atoms with Crippen LogP contribution in [-0.2, 0) is 19.7 Å². The van der Waals surface area contributed by atoms with Crippen molar-refractivity contribution in [1.29, 1.82) is 0 Å². The molecule has 5 nitrogen and oxygen atoms in total. The lowest BCUT2D eigenvalue weighted by atomic mass is 10.1. The van der Waals surface area contributed by atoms with Crippen molar-refractivity contribution in [3.05, 3.63) is 88.5 Å². The van der Waals surface area contributed by atoms with Gasteiger partial charge in [-0.15, -0.1) is 0 Å². The number of amides is 1. The van der Waals surface area contributed by atoms with Gasteiger partial charge in [-0.05, 0) is 23.6 Å². The second-order valence-corrected chi connectivity index (χ2v) is 6.95. The molecule has 142 valence electrons. The van der Waals surface area contributed by atoms with Gasteiger partial charge in [-0.2, -0.15) is 0 Å². The topological polar surface area (TPSA) is 70.0 Å². The Morgan fingerprint density at radius 2 is 1.57 bits per heavy atom. The van der Waals surface area contributed by atoms with Gasteiger partial charge in [-0.1, -0.05) is 54.6 Å². The van der Waals surface area contributed by atoms with E-state index in [-0.39, 0.29) is 35.3 Å². The number of carbonyl (C=O) groups is 1. The van der Waals surface area contributed by atoms with Gasteiger partial charge in [0.1, 0.15) is 29.4 Å². The van der Waals surface area contributed by atoms with E-state index in [1.165, 1.54) is 6.07 Å². The zero-order chi connectivity index (χ0) is 19.7. The largest absolute Gasteiger partial charge is 0.507 e. The van der Waals surface area contributed by atoms with E-state index >= 15 is 0 Å². The van der Waals surface area contributed by atoms with Crippen LogP contribution in [0.3, 0.4) is 0 Å². The summed E-state index contributed by atoms with van der Waals surface area (Å²) in [5.74, 6) is -0.504. The summed E-state index contributed by atoms with van der Waals surface area (Å²) in [5.41, 5.74) is 3.62. The summed E-state index contributed by atoms with van der Waals surface area (Å²) in [4.78, 5) is 14.9. The molecule has 0 unspecified atom stereocenters. The van der Waals surface area contributed by atoms with Crippen LogP contribution in [0, 0.1) is 6.92 Å². The van der Waals surface area contributed by atoms with Gasteiger partial charge < -0.3 is 19.8 Å². The molecule has 1 amide bonds.